The molecule has 0 fully saturated rings. The van der Waals surface area contributed by atoms with Crippen LogP contribution in [0.5, 0.6) is 0 Å². The van der Waals surface area contributed by atoms with Crippen molar-refractivity contribution in [2.45, 2.75) is 41.2 Å². The van der Waals surface area contributed by atoms with Gasteiger partial charge in [0, 0.05) is 23.6 Å². The maximum Gasteiger partial charge on any atom is 0.261 e. The Morgan fingerprint density at radius 2 is 1.59 bits per heavy atom. The van der Waals surface area contributed by atoms with Gasteiger partial charge in [0.05, 0.1) is 4.47 Å². The number of pyridine rings is 1. The number of nitrogens with one attached hydrogen (secondary N) is 1. The van der Waals surface area contributed by atoms with Crippen LogP contribution in [0.2, 0.25) is 0 Å². The summed E-state index contributed by atoms with van der Waals surface area (Å²) in [5.74, 6) is -0.386. The van der Waals surface area contributed by atoms with Crippen molar-refractivity contribution in [3.8, 4) is 0 Å². The molecule has 1 heterocycles. The monoisotopic (exact) mass is 452 g/mol. The first-order valence-electron chi connectivity index (χ1n) is 9.53. The molecule has 150 valence electrons. The van der Waals surface area contributed by atoms with E-state index < -0.39 is 0 Å². The maximum absolute atomic E-state index is 13.1. The molecule has 0 aliphatic heterocycles. The summed E-state index contributed by atoms with van der Waals surface area (Å²) in [7, 11) is 0. The standard InChI is InChI=1S/C24H25BrN2O2/c1-14-8-6-11-19(12-14)13-27-17(4)20(23(28)21(25)18(27)5)24(29)26-22-15(2)9-7-10-16(22)3/h6-12H,13H2,1-5H3,(H,26,29). The van der Waals surface area contributed by atoms with E-state index in [1.807, 2.05) is 75.6 Å². The number of para-hydroxylation sites is 1. The second-order valence-corrected chi connectivity index (χ2v) is 8.28. The van der Waals surface area contributed by atoms with E-state index in [0.29, 0.717) is 16.7 Å². The number of carbonyl (C=O) groups is 1. The summed E-state index contributed by atoms with van der Waals surface area (Å²) >= 11 is 3.41. The van der Waals surface area contributed by atoms with Crippen molar-refractivity contribution in [2.75, 3.05) is 5.32 Å². The molecule has 1 N–H and O–H groups in total. The Balaban J connectivity index is 2.08. The number of aryl methyl sites for hydroxylation is 3. The van der Waals surface area contributed by atoms with Crippen LogP contribution >= 0.6 is 15.9 Å². The van der Waals surface area contributed by atoms with E-state index in [1.165, 1.54) is 5.56 Å². The number of nitrogens with zero attached hydrogens (tertiary/aromatic N) is 1. The molecule has 0 aliphatic carbocycles. The molecule has 0 saturated carbocycles. The van der Waals surface area contributed by atoms with Crippen molar-refractivity contribution in [3.63, 3.8) is 0 Å². The second kappa shape index (κ2) is 8.37. The molecule has 0 atom stereocenters. The quantitative estimate of drug-likeness (QED) is 0.571. The van der Waals surface area contributed by atoms with Gasteiger partial charge in [-0.15, -0.1) is 0 Å². The van der Waals surface area contributed by atoms with Crippen LogP contribution in [0.15, 0.2) is 51.7 Å². The minimum absolute atomic E-state index is 0.165. The first kappa shape index (κ1) is 21.1. The van der Waals surface area contributed by atoms with Crippen LogP contribution in [-0.4, -0.2) is 10.5 Å². The van der Waals surface area contributed by atoms with Crippen LogP contribution in [0.25, 0.3) is 0 Å². The van der Waals surface area contributed by atoms with Gasteiger partial charge in [0.2, 0.25) is 5.43 Å². The van der Waals surface area contributed by atoms with Gasteiger partial charge >= 0.3 is 0 Å². The molecule has 0 aliphatic rings. The van der Waals surface area contributed by atoms with Crippen LogP contribution < -0.4 is 10.7 Å². The zero-order valence-corrected chi connectivity index (χ0v) is 19.0. The van der Waals surface area contributed by atoms with Crippen LogP contribution in [0.1, 0.15) is 44.0 Å². The summed E-state index contributed by atoms with van der Waals surface area (Å²) in [4.78, 5) is 26.1. The lowest BCUT2D eigenvalue weighted by atomic mass is 10.1. The first-order valence-corrected chi connectivity index (χ1v) is 10.3. The fraction of sp³-hybridized carbons (Fsp3) is 0.250. The van der Waals surface area contributed by atoms with Crippen molar-refractivity contribution in [1.82, 2.24) is 4.57 Å². The van der Waals surface area contributed by atoms with E-state index in [2.05, 4.69) is 27.3 Å². The van der Waals surface area contributed by atoms with Crippen molar-refractivity contribution in [1.29, 1.82) is 0 Å². The lowest BCUT2D eigenvalue weighted by Gasteiger charge is -2.20. The van der Waals surface area contributed by atoms with E-state index in [-0.39, 0.29) is 16.9 Å². The molecule has 0 bridgehead atoms. The van der Waals surface area contributed by atoms with Crippen LogP contribution in [-0.2, 0) is 6.54 Å². The summed E-state index contributed by atoms with van der Waals surface area (Å²) < 4.78 is 2.43. The minimum Gasteiger partial charge on any atom is -0.343 e. The molecular formula is C24H25BrN2O2. The number of rotatable bonds is 4. The number of anilines is 1. The fourth-order valence-corrected chi connectivity index (χ4v) is 4.04. The number of carbonyl (C=O) groups excluding carboxylic acids is 1. The normalized spacial score (nSPS) is 10.8. The molecule has 2 aromatic carbocycles. The van der Waals surface area contributed by atoms with E-state index in [9.17, 15) is 9.59 Å². The van der Waals surface area contributed by atoms with Gasteiger partial charge in [0.15, 0.2) is 0 Å². The van der Waals surface area contributed by atoms with Gasteiger partial charge in [0.1, 0.15) is 5.56 Å². The average molecular weight is 453 g/mol. The number of benzene rings is 2. The van der Waals surface area contributed by atoms with Gasteiger partial charge in [-0.1, -0.05) is 48.0 Å². The summed E-state index contributed by atoms with van der Waals surface area (Å²) in [5.41, 5.74) is 6.29. The van der Waals surface area contributed by atoms with Crippen molar-refractivity contribution < 1.29 is 4.79 Å². The lowest BCUT2D eigenvalue weighted by molar-refractivity contribution is 0.102. The molecule has 3 rings (SSSR count). The van der Waals surface area contributed by atoms with Crippen LogP contribution in [0, 0.1) is 34.6 Å². The molecule has 3 aromatic rings. The van der Waals surface area contributed by atoms with E-state index in [4.69, 9.17) is 0 Å². The number of hydrogen-bond donors (Lipinski definition) is 1. The van der Waals surface area contributed by atoms with Gasteiger partial charge in [-0.05, 0) is 67.2 Å². The molecule has 0 spiro atoms. The van der Waals surface area contributed by atoms with Gasteiger partial charge < -0.3 is 9.88 Å². The highest BCUT2D eigenvalue weighted by molar-refractivity contribution is 9.10. The summed E-state index contributed by atoms with van der Waals surface area (Å²) in [5, 5.41) is 2.95. The highest BCUT2D eigenvalue weighted by Crippen LogP contribution is 2.23. The molecule has 0 saturated heterocycles. The molecule has 5 heteroatoms. The highest BCUT2D eigenvalue weighted by Gasteiger charge is 2.22. The third-order valence-corrected chi connectivity index (χ3v) is 6.22. The Morgan fingerprint density at radius 3 is 2.21 bits per heavy atom. The predicted octanol–water partition coefficient (Wildman–Crippen LogP) is 5.45. The highest BCUT2D eigenvalue weighted by atomic mass is 79.9. The van der Waals surface area contributed by atoms with Crippen molar-refractivity contribution in [2.24, 2.45) is 0 Å². The predicted molar refractivity (Wildman–Crippen MR) is 122 cm³/mol. The zero-order chi connectivity index (χ0) is 21.3. The number of hydrogen-bond acceptors (Lipinski definition) is 2. The van der Waals surface area contributed by atoms with E-state index in [0.717, 1.165) is 28.1 Å². The molecule has 1 aromatic heterocycles. The number of aromatic nitrogens is 1. The maximum atomic E-state index is 13.1. The number of halogens is 1. The molecular weight excluding hydrogens is 428 g/mol. The second-order valence-electron chi connectivity index (χ2n) is 7.49. The fourth-order valence-electron chi connectivity index (χ4n) is 3.63. The first-order chi connectivity index (χ1) is 13.7. The van der Waals surface area contributed by atoms with E-state index in [1.54, 1.807) is 0 Å². The SMILES string of the molecule is Cc1cccc(Cn2c(C)c(Br)c(=O)c(C(=O)Nc3c(C)cccc3C)c2C)c1. The summed E-state index contributed by atoms with van der Waals surface area (Å²) in [6.45, 7) is 10.2. The zero-order valence-electron chi connectivity index (χ0n) is 17.4. The summed E-state index contributed by atoms with van der Waals surface area (Å²) in [6, 6.07) is 14.1. The third-order valence-electron chi connectivity index (χ3n) is 5.29. The van der Waals surface area contributed by atoms with Crippen LogP contribution in [0.4, 0.5) is 5.69 Å². The minimum atomic E-state index is -0.386. The smallest absolute Gasteiger partial charge is 0.261 e. The third kappa shape index (κ3) is 4.20. The Labute approximate surface area is 179 Å². The Morgan fingerprint density at radius 1 is 0.966 bits per heavy atom. The van der Waals surface area contributed by atoms with E-state index >= 15 is 0 Å². The Hall–Kier alpha value is -2.66. The van der Waals surface area contributed by atoms with Gasteiger partial charge in [-0.2, -0.15) is 0 Å². The molecule has 29 heavy (non-hydrogen) atoms. The van der Waals surface area contributed by atoms with Crippen molar-refractivity contribution in [3.05, 3.63) is 96.4 Å². The Kier molecular flexibility index (Phi) is 6.08. The molecule has 1 amide bonds. The average Bonchev–Trinajstić information content (AvgIpc) is 2.67. The Bertz CT molecular complexity index is 1140. The lowest BCUT2D eigenvalue weighted by Crippen LogP contribution is -2.29. The molecule has 4 nitrogen and oxygen atoms in total. The molecule has 0 radical (unpaired) electrons. The number of amides is 1. The van der Waals surface area contributed by atoms with Gasteiger partial charge in [-0.3, -0.25) is 9.59 Å². The molecule has 0 unspecified atom stereocenters. The van der Waals surface area contributed by atoms with Crippen LogP contribution in [0.3, 0.4) is 0 Å². The van der Waals surface area contributed by atoms with Gasteiger partial charge in [-0.25, -0.2) is 0 Å². The summed E-state index contributed by atoms with van der Waals surface area (Å²) in [6.07, 6.45) is 0. The van der Waals surface area contributed by atoms with Crippen molar-refractivity contribution >= 4 is 27.5 Å². The topological polar surface area (TPSA) is 51.1 Å². The van der Waals surface area contributed by atoms with Gasteiger partial charge in [0.25, 0.3) is 5.91 Å². The largest absolute Gasteiger partial charge is 0.343 e.